The number of hydrogen-bond acceptors (Lipinski definition) is 6. The molecule has 0 bridgehead atoms. The highest BCUT2D eigenvalue weighted by Gasteiger charge is 2.61. The summed E-state index contributed by atoms with van der Waals surface area (Å²) in [6, 6.07) is 18.2. The zero-order valence-corrected chi connectivity index (χ0v) is 16.8. The van der Waals surface area contributed by atoms with Crippen LogP contribution < -0.4 is 15.4 Å². The Labute approximate surface area is 177 Å². The van der Waals surface area contributed by atoms with Gasteiger partial charge in [0.1, 0.15) is 17.1 Å². The third kappa shape index (κ3) is 2.20. The number of anilines is 1. The molecule has 2 N–H and O–H groups in total. The van der Waals surface area contributed by atoms with Crippen molar-refractivity contribution in [3.05, 3.63) is 82.9 Å². The van der Waals surface area contributed by atoms with E-state index in [9.17, 15) is 14.9 Å². The van der Waals surface area contributed by atoms with Crippen molar-refractivity contribution in [2.75, 3.05) is 4.90 Å². The van der Waals surface area contributed by atoms with Crippen molar-refractivity contribution in [3.63, 3.8) is 0 Å². The summed E-state index contributed by atoms with van der Waals surface area (Å²) in [5.41, 5.74) is 7.03. The van der Waals surface area contributed by atoms with E-state index in [2.05, 4.69) is 11.2 Å². The number of benzene rings is 2. The summed E-state index contributed by atoms with van der Waals surface area (Å²) in [6.07, 6.45) is 0. The summed E-state index contributed by atoms with van der Waals surface area (Å²) in [6.45, 7) is 3.06. The number of nitrogens with two attached hydrogens (primary N) is 1. The number of carbonyl (C=O) groups excluding carboxylic acids is 2. The second kappa shape index (κ2) is 6.31. The molecular weight excluding hydrogens is 394 g/mol. The minimum atomic E-state index is -1.62. The Bertz CT molecular complexity index is 1350. The Kier molecular flexibility index (Phi) is 3.79. The molecule has 31 heavy (non-hydrogen) atoms. The fraction of sp³-hybridized carbons (Fsp3) is 0.130. The first-order valence-corrected chi connectivity index (χ1v) is 9.61. The number of aryl methyl sites for hydroxylation is 1. The molecule has 0 unspecified atom stereocenters. The molecule has 0 fully saturated rings. The van der Waals surface area contributed by atoms with E-state index >= 15 is 0 Å². The molecule has 5 rings (SSSR count). The number of nitriles is 1. The van der Waals surface area contributed by atoms with Crippen LogP contribution in [0.15, 0.2) is 66.1 Å². The maximum absolute atomic E-state index is 13.9. The van der Waals surface area contributed by atoms with Gasteiger partial charge in [-0.3, -0.25) is 9.59 Å². The number of nitrogens with zero attached hydrogens (tertiary/aromatic N) is 4. The van der Waals surface area contributed by atoms with Gasteiger partial charge in [0.05, 0.1) is 22.6 Å². The highest BCUT2D eigenvalue weighted by atomic mass is 16.5. The summed E-state index contributed by atoms with van der Waals surface area (Å²) in [4.78, 5) is 27.5. The van der Waals surface area contributed by atoms with Gasteiger partial charge in [-0.05, 0) is 25.1 Å². The molecule has 1 spiro atoms. The average molecular weight is 411 g/mol. The lowest BCUT2D eigenvalue weighted by atomic mass is 9.69. The first-order chi connectivity index (χ1) is 14.9. The van der Waals surface area contributed by atoms with Crippen molar-refractivity contribution < 1.29 is 14.3 Å². The largest absolute Gasteiger partial charge is 0.422 e. The van der Waals surface area contributed by atoms with Gasteiger partial charge >= 0.3 is 0 Å². The second-order valence-electron chi connectivity index (χ2n) is 7.39. The molecule has 0 saturated heterocycles. The topological polar surface area (TPSA) is 114 Å². The number of rotatable bonds is 1. The minimum absolute atomic E-state index is 0.0584. The number of imide groups is 1. The Balaban J connectivity index is 1.92. The molecule has 3 aromatic rings. The van der Waals surface area contributed by atoms with Crippen LogP contribution in [0.4, 0.5) is 5.69 Å². The van der Waals surface area contributed by atoms with Gasteiger partial charge in [0, 0.05) is 12.5 Å². The Morgan fingerprint density at radius 3 is 2.52 bits per heavy atom. The van der Waals surface area contributed by atoms with Crippen molar-refractivity contribution in [2.45, 2.75) is 19.3 Å². The SMILES string of the molecule is CC(=O)N1C(=O)[C@]2(C(C#N)=C(N)Oc3c2c(C)nn3-c2ccccc2)c2ccccc21. The van der Waals surface area contributed by atoms with Crippen molar-refractivity contribution in [3.8, 4) is 17.6 Å². The van der Waals surface area contributed by atoms with Gasteiger partial charge in [-0.15, -0.1) is 0 Å². The van der Waals surface area contributed by atoms with Crippen LogP contribution in [0, 0.1) is 18.3 Å². The lowest BCUT2D eigenvalue weighted by Gasteiger charge is -2.32. The van der Waals surface area contributed by atoms with E-state index in [1.54, 1.807) is 35.9 Å². The molecule has 3 heterocycles. The fourth-order valence-corrected chi connectivity index (χ4v) is 4.55. The number of aromatic nitrogens is 2. The van der Waals surface area contributed by atoms with Crippen LogP contribution in [0.2, 0.25) is 0 Å². The third-order valence-electron chi connectivity index (χ3n) is 5.72. The van der Waals surface area contributed by atoms with E-state index < -0.39 is 17.2 Å². The highest BCUT2D eigenvalue weighted by Crippen LogP contribution is 2.56. The summed E-state index contributed by atoms with van der Waals surface area (Å²) >= 11 is 0. The minimum Gasteiger partial charge on any atom is -0.422 e. The van der Waals surface area contributed by atoms with Gasteiger partial charge in [0.25, 0.3) is 5.91 Å². The Hall–Kier alpha value is -4.38. The van der Waals surface area contributed by atoms with Crippen molar-refractivity contribution in [2.24, 2.45) is 5.73 Å². The van der Waals surface area contributed by atoms with Crippen LogP contribution in [0.25, 0.3) is 5.69 Å². The summed E-state index contributed by atoms with van der Waals surface area (Å²) in [5, 5.41) is 14.7. The Morgan fingerprint density at radius 1 is 1.16 bits per heavy atom. The summed E-state index contributed by atoms with van der Waals surface area (Å²) < 4.78 is 7.42. The first kappa shape index (κ1) is 18.6. The molecule has 1 atom stereocenters. The van der Waals surface area contributed by atoms with E-state index in [-0.39, 0.29) is 17.3 Å². The zero-order chi connectivity index (χ0) is 21.9. The monoisotopic (exact) mass is 411 g/mol. The van der Waals surface area contributed by atoms with Crippen LogP contribution in [-0.2, 0) is 15.0 Å². The smallest absolute Gasteiger partial charge is 0.254 e. The first-order valence-electron chi connectivity index (χ1n) is 9.61. The van der Waals surface area contributed by atoms with Crippen LogP contribution >= 0.6 is 0 Å². The number of para-hydroxylation sites is 2. The van der Waals surface area contributed by atoms with Gasteiger partial charge in [-0.2, -0.15) is 10.4 Å². The van der Waals surface area contributed by atoms with Crippen LogP contribution in [0.5, 0.6) is 5.88 Å². The van der Waals surface area contributed by atoms with Gasteiger partial charge in [0.15, 0.2) is 0 Å². The van der Waals surface area contributed by atoms with E-state index in [1.807, 2.05) is 30.3 Å². The standard InChI is InChI=1S/C23H17N5O3/c1-13-19-21(28(26-13)15-8-4-3-5-9-15)31-20(25)17(12-24)23(19)16-10-6-7-11-18(16)27(14(2)29)22(23)30/h3-11H,25H2,1-2H3/t23-/m0/s1. The second-order valence-corrected chi connectivity index (χ2v) is 7.39. The van der Waals surface area contributed by atoms with E-state index in [0.717, 1.165) is 4.90 Å². The molecule has 0 saturated carbocycles. The highest BCUT2D eigenvalue weighted by molar-refractivity contribution is 6.25. The van der Waals surface area contributed by atoms with Crippen LogP contribution in [0.1, 0.15) is 23.7 Å². The molecule has 0 radical (unpaired) electrons. The molecular formula is C23H17N5O3. The lowest BCUT2D eigenvalue weighted by molar-refractivity contribution is -0.126. The lowest BCUT2D eigenvalue weighted by Crippen LogP contribution is -2.47. The summed E-state index contributed by atoms with van der Waals surface area (Å²) in [5.74, 6) is -0.971. The van der Waals surface area contributed by atoms with Crippen molar-refractivity contribution >= 4 is 17.5 Å². The van der Waals surface area contributed by atoms with E-state index in [0.29, 0.717) is 28.2 Å². The maximum Gasteiger partial charge on any atom is 0.254 e. The molecule has 2 amide bonds. The number of amides is 2. The molecule has 2 aliphatic heterocycles. The van der Waals surface area contributed by atoms with Crippen LogP contribution in [0.3, 0.4) is 0 Å². The molecule has 8 heteroatoms. The number of ether oxygens (including phenoxy) is 1. The predicted octanol–water partition coefficient (Wildman–Crippen LogP) is 2.45. The number of fused-ring (bicyclic) bond motifs is 4. The zero-order valence-electron chi connectivity index (χ0n) is 16.8. The van der Waals surface area contributed by atoms with Crippen molar-refractivity contribution in [1.29, 1.82) is 5.26 Å². The molecule has 1 aromatic heterocycles. The van der Waals surface area contributed by atoms with Gasteiger partial charge in [-0.25, -0.2) is 9.58 Å². The molecule has 8 nitrogen and oxygen atoms in total. The van der Waals surface area contributed by atoms with Gasteiger partial charge in [0.2, 0.25) is 17.7 Å². The van der Waals surface area contributed by atoms with Crippen LogP contribution in [-0.4, -0.2) is 21.6 Å². The fourth-order valence-electron chi connectivity index (χ4n) is 4.55. The normalized spacial score (nSPS) is 19.1. The molecule has 152 valence electrons. The molecule has 2 aromatic carbocycles. The number of hydrogen-bond donors (Lipinski definition) is 1. The number of carbonyl (C=O) groups is 2. The third-order valence-corrected chi connectivity index (χ3v) is 5.72. The van der Waals surface area contributed by atoms with Gasteiger partial charge < -0.3 is 10.5 Å². The predicted molar refractivity (Wildman–Crippen MR) is 111 cm³/mol. The average Bonchev–Trinajstić information content (AvgIpc) is 3.22. The van der Waals surface area contributed by atoms with Gasteiger partial charge in [-0.1, -0.05) is 36.4 Å². The Morgan fingerprint density at radius 2 is 1.84 bits per heavy atom. The summed E-state index contributed by atoms with van der Waals surface area (Å²) in [7, 11) is 0. The molecule has 2 aliphatic rings. The van der Waals surface area contributed by atoms with Crippen molar-refractivity contribution in [1.82, 2.24) is 9.78 Å². The molecule has 0 aliphatic carbocycles. The van der Waals surface area contributed by atoms with E-state index in [1.165, 1.54) is 6.92 Å². The van der Waals surface area contributed by atoms with E-state index in [4.69, 9.17) is 10.5 Å². The quantitative estimate of drug-likeness (QED) is 0.658. The maximum atomic E-state index is 13.9.